The summed E-state index contributed by atoms with van der Waals surface area (Å²) in [5, 5.41) is 2.90. The number of piperidine rings is 1. The number of aromatic nitrogens is 2. The summed E-state index contributed by atoms with van der Waals surface area (Å²) < 4.78 is 2.11. The molecule has 2 amide bonds. The van der Waals surface area contributed by atoms with E-state index >= 15 is 0 Å². The fourth-order valence-electron chi connectivity index (χ4n) is 3.91. The second-order valence-electron chi connectivity index (χ2n) is 7.43. The Morgan fingerprint density at radius 1 is 1.32 bits per heavy atom. The SMILES string of the molecule is CC(C)N1CCNC(=O)C1CC(=O)N1CCC(Cn2ccnc2)CC1. The van der Waals surface area contributed by atoms with Gasteiger partial charge in [0.25, 0.3) is 0 Å². The van der Waals surface area contributed by atoms with Gasteiger partial charge in [-0.3, -0.25) is 14.5 Å². The molecule has 2 saturated heterocycles. The first-order valence-corrected chi connectivity index (χ1v) is 9.31. The largest absolute Gasteiger partial charge is 0.353 e. The number of piperazine rings is 1. The van der Waals surface area contributed by atoms with Crippen LogP contribution in [0.15, 0.2) is 18.7 Å². The van der Waals surface area contributed by atoms with Crippen LogP contribution in [0.1, 0.15) is 33.1 Å². The standard InChI is InChI=1S/C18H29N5O2/c1-14(2)23-10-6-20-18(25)16(23)11-17(24)22-7-3-15(4-8-22)12-21-9-5-19-13-21/h5,9,13-16H,3-4,6-8,10-12H2,1-2H3,(H,20,25). The van der Waals surface area contributed by atoms with Gasteiger partial charge in [0.2, 0.25) is 11.8 Å². The normalized spacial score (nSPS) is 23.1. The molecule has 3 heterocycles. The molecule has 2 aliphatic heterocycles. The Bertz CT molecular complexity index is 578. The number of carbonyl (C=O) groups excluding carboxylic acids is 2. The summed E-state index contributed by atoms with van der Waals surface area (Å²) >= 11 is 0. The maximum atomic E-state index is 12.7. The van der Waals surface area contributed by atoms with Gasteiger partial charge in [-0.25, -0.2) is 4.98 Å². The predicted octanol–water partition coefficient (Wildman–Crippen LogP) is 0.721. The highest BCUT2D eigenvalue weighted by Crippen LogP contribution is 2.21. The minimum Gasteiger partial charge on any atom is -0.353 e. The van der Waals surface area contributed by atoms with Crippen molar-refractivity contribution in [2.75, 3.05) is 26.2 Å². The summed E-state index contributed by atoms with van der Waals surface area (Å²) in [6, 6.07) is -0.0605. The summed E-state index contributed by atoms with van der Waals surface area (Å²) in [5.74, 6) is 0.681. The van der Waals surface area contributed by atoms with Gasteiger partial charge in [0, 0.05) is 51.2 Å². The van der Waals surface area contributed by atoms with E-state index < -0.39 is 0 Å². The lowest BCUT2D eigenvalue weighted by atomic mass is 9.96. The van der Waals surface area contributed by atoms with E-state index in [1.165, 1.54) is 0 Å². The molecule has 0 aliphatic carbocycles. The molecule has 0 radical (unpaired) electrons. The maximum Gasteiger partial charge on any atom is 0.237 e. The Kier molecular flexibility index (Phi) is 5.73. The minimum atomic E-state index is -0.329. The molecular formula is C18H29N5O2. The van der Waals surface area contributed by atoms with Crippen LogP contribution in [0.5, 0.6) is 0 Å². The molecule has 1 aromatic heterocycles. The molecule has 7 heteroatoms. The number of carbonyl (C=O) groups is 2. The van der Waals surface area contributed by atoms with Gasteiger partial charge in [0.15, 0.2) is 0 Å². The van der Waals surface area contributed by atoms with Crippen LogP contribution in [0.3, 0.4) is 0 Å². The molecule has 25 heavy (non-hydrogen) atoms. The molecule has 1 aromatic rings. The van der Waals surface area contributed by atoms with Gasteiger partial charge < -0.3 is 14.8 Å². The first-order valence-electron chi connectivity index (χ1n) is 9.31. The number of nitrogens with one attached hydrogen (secondary N) is 1. The van der Waals surface area contributed by atoms with E-state index in [4.69, 9.17) is 0 Å². The molecule has 3 rings (SSSR count). The molecule has 2 aliphatic rings. The van der Waals surface area contributed by atoms with Gasteiger partial charge in [-0.05, 0) is 32.6 Å². The molecule has 138 valence electrons. The molecule has 0 saturated carbocycles. The van der Waals surface area contributed by atoms with E-state index in [0.29, 0.717) is 12.5 Å². The van der Waals surface area contributed by atoms with Crippen LogP contribution in [0.2, 0.25) is 0 Å². The Morgan fingerprint density at radius 2 is 2.08 bits per heavy atom. The molecule has 2 fully saturated rings. The van der Waals surface area contributed by atoms with Crippen LogP contribution >= 0.6 is 0 Å². The topological polar surface area (TPSA) is 70.5 Å². The number of hydrogen-bond acceptors (Lipinski definition) is 4. The van der Waals surface area contributed by atoms with Gasteiger partial charge in [-0.15, -0.1) is 0 Å². The highest BCUT2D eigenvalue weighted by Gasteiger charge is 2.34. The Hall–Kier alpha value is -1.89. The van der Waals surface area contributed by atoms with Crippen LogP contribution in [0.4, 0.5) is 0 Å². The molecule has 0 bridgehead atoms. The molecule has 1 unspecified atom stereocenters. The van der Waals surface area contributed by atoms with Crippen molar-refractivity contribution in [2.24, 2.45) is 5.92 Å². The van der Waals surface area contributed by atoms with Crippen molar-refractivity contribution in [1.29, 1.82) is 0 Å². The molecule has 7 nitrogen and oxygen atoms in total. The molecule has 0 spiro atoms. The van der Waals surface area contributed by atoms with Crippen LogP contribution in [-0.4, -0.2) is 69.4 Å². The number of hydrogen-bond donors (Lipinski definition) is 1. The number of nitrogens with zero attached hydrogens (tertiary/aromatic N) is 4. The predicted molar refractivity (Wildman–Crippen MR) is 94.8 cm³/mol. The van der Waals surface area contributed by atoms with Crippen molar-refractivity contribution in [1.82, 2.24) is 24.7 Å². The van der Waals surface area contributed by atoms with Gasteiger partial charge in [-0.2, -0.15) is 0 Å². The second-order valence-corrected chi connectivity index (χ2v) is 7.43. The van der Waals surface area contributed by atoms with Crippen LogP contribution in [0, 0.1) is 5.92 Å². The third-order valence-corrected chi connectivity index (χ3v) is 5.40. The van der Waals surface area contributed by atoms with Gasteiger partial charge in [-0.1, -0.05) is 0 Å². The third kappa shape index (κ3) is 4.39. The van der Waals surface area contributed by atoms with Gasteiger partial charge in [0.1, 0.15) is 0 Å². The zero-order valence-electron chi connectivity index (χ0n) is 15.2. The molecular weight excluding hydrogens is 318 g/mol. The Morgan fingerprint density at radius 3 is 2.72 bits per heavy atom. The Labute approximate surface area is 149 Å². The number of imidazole rings is 1. The average Bonchev–Trinajstić information content (AvgIpc) is 3.10. The van der Waals surface area contributed by atoms with E-state index in [9.17, 15) is 9.59 Å². The van der Waals surface area contributed by atoms with Crippen molar-refractivity contribution in [3.05, 3.63) is 18.7 Å². The fourth-order valence-corrected chi connectivity index (χ4v) is 3.91. The van der Waals surface area contributed by atoms with E-state index in [0.717, 1.165) is 39.0 Å². The smallest absolute Gasteiger partial charge is 0.237 e. The highest BCUT2D eigenvalue weighted by molar-refractivity contribution is 5.88. The van der Waals surface area contributed by atoms with Gasteiger partial charge in [0.05, 0.1) is 18.8 Å². The monoisotopic (exact) mass is 347 g/mol. The zero-order chi connectivity index (χ0) is 17.8. The number of likely N-dealkylation sites (tertiary alicyclic amines) is 1. The third-order valence-electron chi connectivity index (χ3n) is 5.40. The Balaban J connectivity index is 1.51. The second kappa shape index (κ2) is 7.99. The summed E-state index contributed by atoms with van der Waals surface area (Å²) in [6.07, 6.45) is 7.94. The average molecular weight is 347 g/mol. The number of amides is 2. The first-order chi connectivity index (χ1) is 12.0. The van der Waals surface area contributed by atoms with Crippen LogP contribution < -0.4 is 5.32 Å². The van der Waals surface area contributed by atoms with E-state index in [-0.39, 0.29) is 30.3 Å². The van der Waals surface area contributed by atoms with Crippen molar-refractivity contribution < 1.29 is 9.59 Å². The quantitative estimate of drug-likeness (QED) is 0.852. The lowest BCUT2D eigenvalue weighted by Gasteiger charge is -2.39. The van der Waals surface area contributed by atoms with Crippen molar-refractivity contribution in [3.8, 4) is 0 Å². The van der Waals surface area contributed by atoms with E-state index in [1.54, 1.807) is 6.20 Å². The summed E-state index contributed by atoms with van der Waals surface area (Å²) in [6.45, 7) is 8.18. The lowest BCUT2D eigenvalue weighted by Crippen LogP contribution is -2.58. The fraction of sp³-hybridized carbons (Fsp3) is 0.722. The van der Waals surface area contributed by atoms with Gasteiger partial charge >= 0.3 is 0 Å². The van der Waals surface area contributed by atoms with Crippen molar-refractivity contribution >= 4 is 11.8 Å². The summed E-state index contributed by atoms with van der Waals surface area (Å²) in [7, 11) is 0. The molecule has 1 N–H and O–H groups in total. The van der Waals surface area contributed by atoms with E-state index in [2.05, 4.69) is 33.6 Å². The van der Waals surface area contributed by atoms with E-state index in [1.807, 2.05) is 17.4 Å². The van der Waals surface area contributed by atoms with Crippen molar-refractivity contribution in [2.45, 2.75) is 51.7 Å². The zero-order valence-corrected chi connectivity index (χ0v) is 15.2. The first kappa shape index (κ1) is 17.9. The summed E-state index contributed by atoms with van der Waals surface area (Å²) in [5.41, 5.74) is 0. The lowest BCUT2D eigenvalue weighted by molar-refractivity contribution is -0.140. The van der Waals surface area contributed by atoms with Crippen LogP contribution in [0.25, 0.3) is 0 Å². The molecule has 0 aromatic carbocycles. The minimum absolute atomic E-state index is 0.0108. The van der Waals surface area contributed by atoms with Crippen molar-refractivity contribution in [3.63, 3.8) is 0 Å². The molecule has 1 atom stereocenters. The summed E-state index contributed by atoms with van der Waals surface area (Å²) in [4.78, 5) is 33.1. The van der Waals surface area contributed by atoms with Crippen LogP contribution in [-0.2, 0) is 16.1 Å². The highest BCUT2D eigenvalue weighted by atomic mass is 16.2. The maximum absolute atomic E-state index is 12.7. The number of rotatable bonds is 5.